The number of nitrogens with one attached hydrogen (secondary N) is 4. The Labute approximate surface area is 340 Å². The van der Waals surface area contributed by atoms with Gasteiger partial charge in [0.05, 0.1) is 10.0 Å². The highest BCUT2D eigenvalue weighted by atomic mass is 35.5. The van der Waals surface area contributed by atoms with Gasteiger partial charge in [0.25, 0.3) is 11.8 Å². The van der Waals surface area contributed by atoms with Crippen molar-refractivity contribution in [2.24, 2.45) is 0 Å². The molecule has 0 unspecified atom stereocenters. The number of ether oxygens (including phenoxy) is 2. The second-order valence-corrected chi connectivity index (χ2v) is 15.7. The number of benzene rings is 4. The summed E-state index contributed by atoms with van der Waals surface area (Å²) in [5.41, 5.74) is 2.37. The predicted octanol–water partition coefficient (Wildman–Crippen LogP) is 10.1. The maximum absolute atomic E-state index is 13.7. The number of aromatic amines is 1. The van der Waals surface area contributed by atoms with Crippen LogP contribution in [0.25, 0.3) is 5.69 Å². The van der Waals surface area contributed by atoms with Gasteiger partial charge in [-0.25, -0.2) is 9.48 Å². The summed E-state index contributed by atoms with van der Waals surface area (Å²) < 4.78 is 12.4. The molecule has 1 aromatic heterocycles. The topological polar surface area (TPSA) is 144 Å². The maximum Gasteiger partial charge on any atom is 0.413 e. The van der Waals surface area contributed by atoms with Crippen molar-refractivity contribution in [3.63, 3.8) is 0 Å². The number of H-pyrrole nitrogens is 1. The van der Waals surface area contributed by atoms with Crippen molar-refractivity contribution < 1.29 is 23.9 Å². The van der Waals surface area contributed by atoms with Gasteiger partial charge in [0.1, 0.15) is 11.4 Å². The van der Waals surface area contributed by atoms with Gasteiger partial charge in [-0.3, -0.25) is 19.5 Å². The first-order valence-corrected chi connectivity index (χ1v) is 19.1. The molecule has 0 aliphatic rings. The van der Waals surface area contributed by atoms with Crippen molar-refractivity contribution in [3.05, 3.63) is 133 Å². The first-order valence-electron chi connectivity index (χ1n) is 18.0. The van der Waals surface area contributed by atoms with Crippen LogP contribution in [-0.4, -0.2) is 34.3 Å². The van der Waals surface area contributed by atoms with Crippen LogP contribution in [0.5, 0.6) is 11.5 Å². The molecule has 3 amide bonds. The molecule has 0 fully saturated rings. The fourth-order valence-corrected chi connectivity index (χ4v) is 6.66. The third kappa shape index (κ3) is 9.95. The van der Waals surface area contributed by atoms with Gasteiger partial charge in [0, 0.05) is 28.4 Å². The molecule has 11 nitrogen and oxygen atoms in total. The molecule has 294 valence electrons. The zero-order valence-electron chi connectivity index (χ0n) is 31.9. The molecule has 0 radical (unpaired) electrons. The number of aromatic nitrogens is 2. The van der Waals surface area contributed by atoms with E-state index in [1.54, 1.807) is 24.3 Å². The van der Waals surface area contributed by atoms with Gasteiger partial charge in [-0.2, -0.15) is 0 Å². The molecule has 0 spiro atoms. The lowest BCUT2D eigenvalue weighted by molar-refractivity contribution is -0.118. The van der Waals surface area contributed by atoms with Crippen molar-refractivity contribution in [2.45, 2.75) is 71.8 Å². The van der Waals surface area contributed by atoms with E-state index >= 15 is 0 Å². The highest BCUT2D eigenvalue weighted by molar-refractivity contribution is 6.40. The van der Waals surface area contributed by atoms with Crippen LogP contribution in [0.15, 0.2) is 89.7 Å². The van der Waals surface area contributed by atoms with E-state index in [1.165, 1.54) is 29.8 Å². The van der Waals surface area contributed by atoms with Gasteiger partial charge in [-0.15, -0.1) is 0 Å². The van der Waals surface area contributed by atoms with E-state index in [0.717, 1.165) is 28.7 Å². The molecule has 0 saturated carbocycles. The molecule has 0 atom stereocenters. The standard InChI is InChI=1S/C42H44Cl3N5O6/c1-7-41(3,4)27-17-18-33(30(20-27)42(5,6)8-2)55-24-34(51)47-29-16-12-15-26(19-29)38(52)48-37-36(56-40(54)46-23-25-13-10-9-11-14-25)39(53)50(49-37)35-31(44)21-28(43)22-32(35)45/h9-22,49H,7-8,23-24H2,1-6H3,(H,46,54)(H,47,51)(H,48,52). The highest BCUT2D eigenvalue weighted by Crippen LogP contribution is 2.39. The lowest BCUT2D eigenvalue weighted by Crippen LogP contribution is -2.29. The Morgan fingerprint density at radius 1 is 0.804 bits per heavy atom. The average molecular weight is 821 g/mol. The van der Waals surface area contributed by atoms with Crippen LogP contribution in [0.1, 0.15) is 81.4 Å². The Morgan fingerprint density at radius 2 is 1.48 bits per heavy atom. The van der Waals surface area contributed by atoms with E-state index < -0.39 is 29.2 Å². The molecule has 0 aliphatic heterocycles. The number of nitrogens with zero attached hydrogens (tertiary/aromatic N) is 1. The molecule has 0 aliphatic carbocycles. The van der Waals surface area contributed by atoms with Gasteiger partial charge >= 0.3 is 11.7 Å². The molecule has 5 rings (SSSR count). The number of carbonyl (C=O) groups excluding carboxylic acids is 3. The Hall–Kier alpha value is -5.23. The van der Waals surface area contributed by atoms with Crippen molar-refractivity contribution in [3.8, 4) is 17.2 Å². The quantitative estimate of drug-likeness (QED) is 0.0878. The number of anilines is 2. The maximum atomic E-state index is 13.7. The van der Waals surface area contributed by atoms with Crippen molar-refractivity contribution >= 4 is 64.2 Å². The minimum atomic E-state index is -0.959. The second kappa shape index (κ2) is 17.7. The molecule has 4 aromatic carbocycles. The van der Waals surface area contributed by atoms with Crippen LogP contribution in [0.3, 0.4) is 0 Å². The fourth-order valence-electron chi connectivity index (χ4n) is 5.67. The molecule has 14 heteroatoms. The minimum Gasteiger partial charge on any atom is -0.483 e. The van der Waals surface area contributed by atoms with E-state index in [-0.39, 0.29) is 56.1 Å². The molecular formula is C42H44Cl3N5O6. The number of rotatable bonds is 14. The second-order valence-electron chi connectivity index (χ2n) is 14.5. The third-order valence-corrected chi connectivity index (χ3v) is 10.6. The molecule has 1 heterocycles. The summed E-state index contributed by atoms with van der Waals surface area (Å²) in [4.78, 5) is 53.3. The van der Waals surface area contributed by atoms with Crippen LogP contribution >= 0.6 is 34.8 Å². The molecule has 0 saturated heterocycles. The van der Waals surface area contributed by atoms with Gasteiger partial charge in [0.2, 0.25) is 5.75 Å². The van der Waals surface area contributed by atoms with Gasteiger partial charge < -0.3 is 25.4 Å². The summed E-state index contributed by atoms with van der Waals surface area (Å²) in [6, 6.07) is 24.1. The zero-order valence-corrected chi connectivity index (χ0v) is 34.2. The largest absolute Gasteiger partial charge is 0.483 e. The van der Waals surface area contributed by atoms with E-state index in [2.05, 4.69) is 68.7 Å². The summed E-state index contributed by atoms with van der Waals surface area (Å²) in [7, 11) is 0. The van der Waals surface area contributed by atoms with Gasteiger partial charge in [0.15, 0.2) is 12.4 Å². The third-order valence-electron chi connectivity index (χ3n) is 9.79. The normalized spacial score (nSPS) is 11.5. The van der Waals surface area contributed by atoms with Crippen LogP contribution in [0.4, 0.5) is 16.3 Å². The first kappa shape index (κ1) is 41.9. The van der Waals surface area contributed by atoms with E-state index in [4.69, 9.17) is 44.3 Å². The van der Waals surface area contributed by atoms with Crippen LogP contribution in [0, 0.1) is 0 Å². The zero-order chi connectivity index (χ0) is 40.8. The minimum absolute atomic E-state index is 0.0100. The lowest BCUT2D eigenvalue weighted by Gasteiger charge is -2.30. The summed E-state index contributed by atoms with van der Waals surface area (Å²) in [5, 5.41) is 10.9. The number of carbonyl (C=O) groups is 3. The Balaban J connectivity index is 1.34. The monoisotopic (exact) mass is 819 g/mol. The fraction of sp³-hybridized carbons (Fsp3) is 0.286. The molecular weight excluding hydrogens is 777 g/mol. The van der Waals surface area contributed by atoms with E-state index in [0.29, 0.717) is 11.4 Å². The summed E-state index contributed by atoms with van der Waals surface area (Å²) in [6.45, 7) is 12.8. The Bertz CT molecular complexity index is 2280. The molecule has 0 bridgehead atoms. The van der Waals surface area contributed by atoms with Gasteiger partial charge in [-0.1, -0.05) is 125 Å². The molecule has 5 aromatic rings. The summed E-state index contributed by atoms with van der Waals surface area (Å²) >= 11 is 18.9. The Morgan fingerprint density at radius 3 is 2.14 bits per heavy atom. The summed E-state index contributed by atoms with van der Waals surface area (Å²) in [6.07, 6.45) is 0.882. The smallest absolute Gasteiger partial charge is 0.413 e. The van der Waals surface area contributed by atoms with Crippen molar-refractivity contribution in [2.75, 3.05) is 17.2 Å². The number of halogens is 3. The first-order chi connectivity index (χ1) is 26.5. The van der Waals surface area contributed by atoms with Crippen molar-refractivity contribution in [1.82, 2.24) is 15.1 Å². The SMILES string of the molecule is CCC(C)(C)c1ccc(OCC(=O)Nc2cccc(C(=O)Nc3[nH]n(-c4c(Cl)cc(Cl)cc4Cl)c(=O)c3OC(=O)NCc3ccccc3)c2)c(C(C)(C)CC)c1. The van der Waals surface area contributed by atoms with Crippen LogP contribution in [-0.2, 0) is 22.2 Å². The number of hydrogen-bond donors (Lipinski definition) is 4. The van der Waals surface area contributed by atoms with Crippen molar-refractivity contribution in [1.29, 1.82) is 0 Å². The highest BCUT2D eigenvalue weighted by Gasteiger charge is 2.28. The van der Waals surface area contributed by atoms with Crippen LogP contribution in [0.2, 0.25) is 15.1 Å². The number of amides is 3. The average Bonchev–Trinajstić information content (AvgIpc) is 3.45. The lowest BCUT2D eigenvalue weighted by atomic mass is 9.76. The number of hydrogen-bond acceptors (Lipinski definition) is 6. The van der Waals surface area contributed by atoms with E-state index in [9.17, 15) is 19.2 Å². The van der Waals surface area contributed by atoms with E-state index in [1.807, 2.05) is 30.3 Å². The predicted molar refractivity (Wildman–Crippen MR) is 222 cm³/mol. The summed E-state index contributed by atoms with van der Waals surface area (Å²) in [5.74, 6) is -1.31. The Kier molecular flexibility index (Phi) is 13.3. The van der Waals surface area contributed by atoms with Gasteiger partial charge in [-0.05, 0) is 71.2 Å². The van der Waals surface area contributed by atoms with Crippen LogP contribution < -0.4 is 31.0 Å². The molecule has 56 heavy (non-hydrogen) atoms. The molecule has 4 N–H and O–H groups in total.